The topological polar surface area (TPSA) is 61.4 Å². The molecule has 0 saturated carbocycles. The lowest BCUT2D eigenvalue weighted by molar-refractivity contribution is -0.117. The van der Waals surface area contributed by atoms with Crippen molar-refractivity contribution in [1.82, 2.24) is 5.32 Å². The second kappa shape index (κ2) is 7.20. The predicted octanol–water partition coefficient (Wildman–Crippen LogP) is 3.85. The molecule has 0 unspecified atom stereocenters. The van der Waals surface area contributed by atoms with Gasteiger partial charge in [-0.05, 0) is 74.2 Å². The zero-order valence-corrected chi connectivity index (χ0v) is 15.7. The SMILES string of the molecule is Cc1ccc(NC(=O)N[C@H]2CC(=O)N(c3ccc(C)c(C)c3)C2)cc1C. The van der Waals surface area contributed by atoms with E-state index in [0.717, 1.165) is 22.5 Å². The molecule has 2 N–H and O–H groups in total. The van der Waals surface area contributed by atoms with Crippen LogP contribution in [0.2, 0.25) is 0 Å². The van der Waals surface area contributed by atoms with Gasteiger partial charge in [-0.25, -0.2) is 4.79 Å². The van der Waals surface area contributed by atoms with Crippen LogP contribution < -0.4 is 15.5 Å². The number of urea groups is 1. The maximum atomic E-state index is 12.4. The van der Waals surface area contributed by atoms with E-state index in [1.54, 1.807) is 4.90 Å². The summed E-state index contributed by atoms with van der Waals surface area (Å²) in [5.74, 6) is 0.0322. The highest BCUT2D eigenvalue weighted by Crippen LogP contribution is 2.24. The summed E-state index contributed by atoms with van der Waals surface area (Å²) in [5.41, 5.74) is 6.29. The number of nitrogens with zero attached hydrogens (tertiary/aromatic N) is 1. The van der Waals surface area contributed by atoms with Crippen LogP contribution in [0.15, 0.2) is 36.4 Å². The molecule has 0 aliphatic carbocycles. The number of hydrogen-bond acceptors (Lipinski definition) is 2. The first kappa shape index (κ1) is 18.0. The van der Waals surface area contributed by atoms with Crippen LogP contribution in [-0.2, 0) is 4.79 Å². The van der Waals surface area contributed by atoms with Crippen LogP contribution in [0, 0.1) is 27.7 Å². The largest absolute Gasteiger partial charge is 0.333 e. The zero-order chi connectivity index (χ0) is 18.8. The molecule has 1 atom stereocenters. The molecule has 1 heterocycles. The second-order valence-corrected chi connectivity index (χ2v) is 7.07. The summed E-state index contributed by atoms with van der Waals surface area (Å²) < 4.78 is 0. The third-order valence-electron chi connectivity index (χ3n) is 5.03. The van der Waals surface area contributed by atoms with E-state index in [4.69, 9.17) is 0 Å². The monoisotopic (exact) mass is 351 g/mol. The van der Waals surface area contributed by atoms with Gasteiger partial charge in [0.1, 0.15) is 0 Å². The highest BCUT2D eigenvalue weighted by atomic mass is 16.2. The number of nitrogens with one attached hydrogen (secondary N) is 2. The summed E-state index contributed by atoms with van der Waals surface area (Å²) in [7, 11) is 0. The molecule has 3 amide bonds. The minimum absolute atomic E-state index is 0.0322. The fraction of sp³-hybridized carbons (Fsp3) is 0.333. The minimum Gasteiger partial charge on any atom is -0.333 e. The summed E-state index contributed by atoms with van der Waals surface area (Å²) in [6.07, 6.45) is 0.313. The number of anilines is 2. The maximum Gasteiger partial charge on any atom is 0.319 e. The Morgan fingerprint density at radius 3 is 2.27 bits per heavy atom. The van der Waals surface area contributed by atoms with Gasteiger partial charge >= 0.3 is 6.03 Å². The average Bonchev–Trinajstić information content (AvgIpc) is 2.93. The number of carbonyl (C=O) groups is 2. The van der Waals surface area contributed by atoms with Gasteiger partial charge < -0.3 is 15.5 Å². The van der Waals surface area contributed by atoms with E-state index < -0.39 is 0 Å². The van der Waals surface area contributed by atoms with Gasteiger partial charge in [-0.15, -0.1) is 0 Å². The molecule has 0 spiro atoms. The van der Waals surface area contributed by atoms with E-state index >= 15 is 0 Å². The van der Waals surface area contributed by atoms with E-state index in [9.17, 15) is 9.59 Å². The van der Waals surface area contributed by atoms with Crippen molar-refractivity contribution < 1.29 is 9.59 Å². The zero-order valence-electron chi connectivity index (χ0n) is 15.7. The van der Waals surface area contributed by atoms with Gasteiger partial charge in [-0.1, -0.05) is 12.1 Å². The number of benzene rings is 2. The van der Waals surface area contributed by atoms with Gasteiger partial charge in [0.05, 0.1) is 6.04 Å². The third kappa shape index (κ3) is 3.87. The number of rotatable bonds is 3. The molecule has 2 aromatic carbocycles. The van der Waals surface area contributed by atoms with Gasteiger partial charge in [0, 0.05) is 24.3 Å². The Balaban J connectivity index is 1.62. The first-order chi connectivity index (χ1) is 12.3. The smallest absolute Gasteiger partial charge is 0.319 e. The van der Waals surface area contributed by atoms with E-state index in [1.807, 2.05) is 64.1 Å². The van der Waals surface area contributed by atoms with Crippen molar-refractivity contribution in [3.63, 3.8) is 0 Å². The molecule has 136 valence electrons. The summed E-state index contributed by atoms with van der Waals surface area (Å²) in [6, 6.07) is 11.3. The molecule has 1 aliphatic rings. The van der Waals surface area contributed by atoms with Gasteiger partial charge in [0.25, 0.3) is 0 Å². The number of hydrogen-bond donors (Lipinski definition) is 2. The van der Waals surface area contributed by atoms with Gasteiger partial charge in [0.15, 0.2) is 0 Å². The molecule has 1 aliphatic heterocycles. The Morgan fingerprint density at radius 1 is 0.962 bits per heavy atom. The molecule has 26 heavy (non-hydrogen) atoms. The number of carbonyl (C=O) groups excluding carboxylic acids is 2. The van der Waals surface area contributed by atoms with E-state index in [1.165, 1.54) is 11.1 Å². The van der Waals surface area contributed by atoms with E-state index in [2.05, 4.69) is 10.6 Å². The second-order valence-electron chi connectivity index (χ2n) is 7.07. The molecule has 3 rings (SSSR count). The molecule has 5 nitrogen and oxygen atoms in total. The molecule has 0 bridgehead atoms. The number of amides is 3. The molecule has 0 radical (unpaired) electrons. The van der Waals surface area contributed by atoms with Crippen LogP contribution in [0.25, 0.3) is 0 Å². The average molecular weight is 351 g/mol. The lowest BCUT2D eigenvalue weighted by Crippen LogP contribution is -2.39. The van der Waals surface area contributed by atoms with Crippen LogP contribution in [0.4, 0.5) is 16.2 Å². The first-order valence-electron chi connectivity index (χ1n) is 8.86. The Bertz CT molecular complexity index is 860. The van der Waals surface area contributed by atoms with Crippen molar-refractivity contribution >= 4 is 23.3 Å². The summed E-state index contributed by atoms with van der Waals surface area (Å²) in [5, 5.41) is 5.75. The van der Waals surface area contributed by atoms with Crippen LogP contribution in [-0.4, -0.2) is 24.5 Å². The first-order valence-corrected chi connectivity index (χ1v) is 8.86. The van der Waals surface area contributed by atoms with Crippen LogP contribution in [0.1, 0.15) is 28.7 Å². The summed E-state index contributed by atoms with van der Waals surface area (Å²) >= 11 is 0. The molecule has 2 aromatic rings. The van der Waals surface area contributed by atoms with Crippen molar-refractivity contribution in [2.45, 2.75) is 40.2 Å². The normalized spacial score (nSPS) is 16.7. The predicted molar refractivity (Wildman–Crippen MR) is 105 cm³/mol. The minimum atomic E-state index is -0.284. The Labute approximate surface area is 154 Å². The van der Waals surface area contributed by atoms with Crippen LogP contribution in [0.3, 0.4) is 0 Å². The fourth-order valence-corrected chi connectivity index (χ4v) is 3.12. The van der Waals surface area contributed by atoms with E-state index in [0.29, 0.717) is 13.0 Å². The Kier molecular flexibility index (Phi) is 4.98. The number of aryl methyl sites for hydroxylation is 4. The van der Waals surface area contributed by atoms with Crippen molar-refractivity contribution in [1.29, 1.82) is 0 Å². The van der Waals surface area contributed by atoms with E-state index in [-0.39, 0.29) is 18.0 Å². The van der Waals surface area contributed by atoms with Gasteiger partial charge in [-0.2, -0.15) is 0 Å². The van der Waals surface area contributed by atoms with Crippen molar-refractivity contribution in [3.05, 3.63) is 58.7 Å². The summed E-state index contributed by atoms with van der Waals surface area (Å²) in [6.45, 7) is 8.61. The Hall–Kier alpha value is -2.82. The lowest BCUT2D eigenvalue weighted by Gasteiger charge is -2.18. The fourth-order valence-electron chi connectivity index (χ4n) is 3.12. The summed E-state index contributed by atoms with van der Waals surface area (Å²) in [4.78, 5) is 26.4. The van der Waals surface area contributed by atoms with Gasteiger partial charge in [-0.3, -0.25) is 4.79 Å². The highest BCUT2D eigenvalue weighted by Gasteiger charge is 2.31. The molecule has 1 fully saturated rings. The van der Waals surface area contributed by atoms with Crippen molar-refractivity contribution in [3.8, 4) is 0 Å². The third-order valence-corrected chi connectivity index (χ3v) is 5.03. The van der Waals surface area contributed by atoms with Crippen molar-refractivity contribution in [2.75, 3.05) is 16.8 Å². The standard InChI is InChI=1S/C21H25N3O2/c1-13-5-7-17(9-15(13)3)22-21(26)23-18-11-20(25)24(12-18)19-8-6-14(2)16(4)10-19/h5-10,18H,11-12H2,1-4H3,(H2,22,23,26)/t18-/m0/s1. The molecule has 5 heteroatoms. The maximum absolute atomic E-state index is 12.4. The molecular weight excluding hydrogens is 326 g/mol. The van der Waals surface area contributed by atoms with Gasteiger partial charge in [0.2, 0.25) is 5.91 Å². The lowest BCUT2D eigenvalue weighted by atomic mass is 10.1. The Morgan fingerprint density at radius 2 is 1.62 bits per heavy atom. The molecular formula is C21H25N3O2. The highest BCUT2D eigenvalue weighted by molar-refractivity contribution is 5.97. The quantitative estimate of drug-likeness (QED) is 0.882. The van der Waals surface area contributed by atoms with Crippen LogP contribution in [0.5, 0.6) is 0 Å². The van der Waals surface area contributed by atoms with Crippen molar-refractivity contribution in [2.24, 2.45) is 0 Å². The molecule has 0 aromatic heterocycles. The molecule has 1 saturated heterocycles. The van der Waals surface area contributed by atoms with Crippen LogP contribution >= 0.6 is 0 Å².